The first-order valence-corrected chi connectivity index (χ1v) is 8.68. The number of carbonyl (C=O) groups is 2. The Morgan fingerprint density at radius 1 is 1.37 bits per heavy atom. The number of benzene rings is 1. The van der Waals surface area contributed by atoms with Gasteiger partial charge in [0.05, 0.1) is 12.1 Å². The molecule has 27 heavy (non-hydrogen) atoms. The van der Waals surface area contributed by atoms with Crippen LogP contribution in [-0.4, -0.2) is 28.6 Å². The zero-order valence-corrected chi connectivity index (χ0v) is 14.6. The van der Waals surface area contributed by atoms with Crippen molar-refractivity contribution in [1.82, 2.24) is 4.90 Å². The molecule has 0 atom stereocenters. The quantitative estimate of drug-likeness (QED) is 0.785. The minimum atomic E-state index is -1.06. The van der Waals surface area contributed by atoms with Crippen LogP contribution in [0.25, 0.3) is 6.08 Å². The maximum atomic E-state index is 13.6. The summed E-state index contributed by atoms with van der Waals surface area (Å²) in [5.41, 5.74) is 0.961. The van der Waals surface area contributed by atoms with Crippen molar-refractivity contribution in [2.45, 2.75) is 13.0 Å². The van der Waals surface area contributed by atoms with Crippen LogP contribution >= 0.6 is 11.3 Å². The number of amides is 2. The minimum absolute atomic E-state index is 0.0757. The maximum absolute atomic E-state index is 13.6. The maximum Gasteiger partial charge on any atom is 0.407 e. The Labute approximate surface area is 157 Å². The Bertz CT molecular complexity index is 994. The van der Waals surface area contributed by atoms with Gasteiger partial charge in [0.1, 0.15) is 11.1 Å². The zero-order valence-electron chi connectivity index (χ0n) is 13.8. The summed E-state index contributed by atoms with van der Waals surface area (Å²) < 4.78 is 26.8. The summed E-state index contributed by atoms with van der Waals surface area (Å²) in [5, 5.41) is 21.3. The molecule has 0 saturated heterocycles. The first-order chi connectivity index (χ1) is 12.9. The average molecular weight is 389 g/mol. The van der Waals surface area contributed by atoms with Crippen molar-refractivity contribution < 1.29 is 23.5 Å². The van der Waals surface area contributed by atoms with E-state index in [0.29, 0.717) is 21.9 Å². The van der Waals surface area contributed by atoms with Crippen molar-refractivity contribution in [3.63, 3.8) is 0 Å². The normalized spacial score (nSPS) is 13.3. The van der Waals surface area contributed by atoms with Crippen LogP contribution in [0, 0.1) is 23.0 Å². The number of nitriles is 1. The number of thiophene rings is 1. The van der Waals surface area contributed by atoms with Crippen LogP contribution in [0.4, 0.5) is 18.6 Å². The largest absolute Gasteiger partial charge is 0.465 e. The van der Waals surface area contributed by atoms with Crippen LogP contribution in [0.15, 0.2) is 24.3 Å². The Morgan fingerprint density at radius 3 is 2.85 bits per heavy atom. The molecular formula is C18H13F2N3O3S. The fourth-order valence-electron chi connectivity index (χ4n) is 2.74. The molecule has 6 nitrogen and oxygen atoms in total. The van der Waals surface area contributed by atoms with E-state index in [1.807, 2.05) is 6.07 Å². The summed E-state index contributed by atoms with van der Waals surface area (Å²) in [4.78, 5) is 25.2. The van der Waals surface area contributed by atoms with Crippen molar-refractivity contribution in [2.24, 2.45) is 0 Å². The van der Waals surface area contributed by atoms with Gasteiger partial charge in [0.2, 0.25) is 5.91 Å². The molecule has 0 fully saturated rings. The summed E-state index contributed by atoms with van der Waals surface area (Å²) in [6, 6.07) is 5.67. The molecule has 0 aliphatic carbocycles. The molecule has 0 spiro atoms. The van der Waals surface area contributed by atoms with Gasteiger partial charge in [-0.1, -0.05) is 12.1 Å². The van der Waals surface area contributed by atoms with E-state index in [9.17, 15) is 23.6 Å². The van der Waals surface area contributed by atoms with Crippen LogP contribution in [0.5, 0.6) is 0 Å². The summed E-state index contributed by atoms with van der Waals surface area (Å²) in [6.07, 6.45) is 1.53. The lowest BCUT2D eigenvalue weighted by Gasteiger charge is -2.23. The van der Waals surface area contributed by atoms with Gasteiger partial charge in [-0.15, -0.1) is 11.3 Å². The second-order valence-electron chi connectivity index (χ2n) is 5.74. The highest BCUT2D eigenvalue weighted by Crippen LogP contribution is 2.36. The molecule has 2 aromatic rings. The third-order valence-electron chi connectivity index (χ3n) is 4.07. The summed E-state index contributed by atoms with van der Waals surface area (Å²) in [5.74, 6) is -2.68. The molecule has 1 aromatic carbocycles. The first-order valence-electron chi connectivity index (χ1n) is 7.86. The lowest BCUT2D eigenvalue weighted by atomic mass is 10.0. The van der Waals surface area contributed by atoms with Gasteiger partial charge < -0.3 is 15.3 Å². The highest BCUT2D eigenvalue weighted by Gasteiger charge is 2.27. The van der Waals surface area contributed by atoms with Gasteiger partial charge in [0, 0.05) is 23.1 Å². The molecule has 0 saturated carbocycles. The molecule has 9 heteroatoms. The molecule has 138 valence electrons. The van der Waals surface area contributed by atoms with E-state index in [2.05, 4.69) is 5.32 Å². The molecule has 1 aliphatic heterocycles. The fraction of sp³-hybridized carbons (Fsp3) is 0.167. The van der Waals surface area contributed by atoms with Gasteiger partial charge in [-0.2, -0.15) is 5.26 Å². The van der Waals surface area contributed by atoms with Crippen LogP contribution < -0.4 is 5.32 Å². The number of carbonyl (C=O) groups excluding carboxylic acids is 1. The number of nitrogens with zero attached hydrogens (tertiary/aromatic N) is 2. The van der Waals surface area contributed by atoms with E-state index < -0.39 is 23.6 Å². The van der Waals surface area contributed by atoms with Crippen molar-refractivity contribution >= 4 is 34.4 Å². The standard InChI is InChI=1S/C18H13F2N3O3S/c19-13-3-1-2-10(16(13)20)4-5-15(24)22-17-12(8-21)11-6-7-23(18(25)26)9-14(11)27-17/h1-5H,6-7,9H2,(H,22,24)(H,25,26). The SMILES string of the molecule is N#Cc1c(NC(=O)C=Cc2cccc(F)c2F)sc2c1CCN(C(=O)O)C2. The average Bonchev–Trinajstić information content (AvgIpc) is 2.98. The van der Waals surface area contributed by atoms with Crippen LogP contribution in [0.1, 0.15) is 21.6 Å². The first kappa shape index (κ1) is 18.5. The van der Waals surface area contributed by atoms with E-state index in [4.69, 9.17) is 5.11 Å². The number of nitrogens with one attached hydrogen (secondary N) is 1. The summed E-state index contributed by atoms with van der Waals surface area (Å²) in [7, 11) is 0. The van der Waals surface area contributed by atoms with E-state index in [-0.39, 0.29) is 18.7 Å². The second-order valence-corrected chi connectivity index (χ2v) is 6.84. The molecule has 2 N–H and O–H groups in total. The lowest BCUT2D eigenvalue weighted by Crippen LogP contribution is -2.34. The monoisotopic (exact) mass is 389 g/mol. The van der Waals surface area contributed by atoms with Gasteiger partial charge in [0.15, 0.2) is 11.6 Å². The Morgan fingerprint density at radius 2 is 2.15 bits per heavy atom. The number of halogens is 2. The Hall–Kier alpha value is -3.25. The third-order valence-corrected chi connectivity index (χ3v) is 5.20. The second kappa shape index (κ2) is 7.55. The van der Waals surface area contributed by atoms with Crippen molar-refractivity contribution in [3.05, 3.63) is 57.5 Å². The molecule has 0 radical (unpaired) electrons. The summed E-state index contributed by atoms with van der Waals surface area (Å²) in [6.45, 7) is 0.435. The predicted molar refractivity (Wildman–Crippen MR) is 95.2 cm³/mol. The molecular weight excluding hydrogens is 376 g/mol. The number of hydrogen-bond donors (Lipinski definition) is 2. The zero-order chi connectivity index (χ0) is 19.6. The number of anilines is 1. The molecule has 2 amide bonds. The molecule has 0 unspecified atom stereocenters. The Balaban J connectivity index is 1.79. The molecule has 1 aliphatic rings. The molecule has 3 rings (SSSR count). The van der Waals surface area contributed by atoms with Gasteiger partial charge in [-0.3, -0.25) is 4.79 Å². The molecule has 0 bridgehead atoms. The highest BCUT2D eigenvalue weighted by atomic mass is 32.1. The minimum Gasteiger partial charge on any atom is -0.465 e. The van der Waals surface area contributed by atoms with Crippen LogP contribution in [-0.2, 0) is 17.8 Å². The lowest BCUT2D eigenvalue weighted by molar-refractivity contribution is -0.111. The Kier molecular flexibility index (Phi) is 5.19. The summed E-state index contributed by atoms with van der Waals surface area (Å²) >= 11 is 1.14. The molecule has 1 aromatic heterocycles. The number of fused-ring (bicyclic) bond motifs is 1. The van der Waals surface area contributed by atoms with Crippen LogP contribution in [0.3, 0.4) is 0 Å². The smallest absolute Gasteiger partial charge is 0.407 e. The highest BCUT2D eigenvalue weighted by molar-refractivity contribution is 7.16. The van der Waals surface area contributed by atoms with Gasteiger partial charge in [0.25, 0.3) is 0 Å². The van der Waals surface area contributed by atoms with Crippen LogP contribution in [0.2, 0.25) is 0 Å². The van der Waals surface area contributed by atoms with E-state index in [0.717, 1.165) is 35.1 Å². The van der Waals surface area contributed by atoms with E-state index in [1.54, 1.807) is 0 Å². The number of hydrogen-bond acceptors (Lipinski definition) is 4. The van der Waals surface area contributed by atoms with E-state index >= 15 is 0 Å². The third kappa shape index (κ3) is 3.80. The number of rotatable bonds is 3. The van der Waals surface area contributed by atoms with Gasteiger partial charge in [-0.25, -0.2) is 13.6 Å². The molecule has 2 heterocycles. The van der Waals surface area contributed by atoms with E-state index in [1.165, 1.54) is 17.0 Å². The predicted octanol–water partition coefficient (Wildman–Crippen LogP) is 3.59. The van der Waals surface area contributed by atoms with Crippen molar-refractivity contribution in [3.8, 4) is 6.07 Å². The van der Waals surface area contributed by atoms with Crippen molar-refractivity contribution in [1.29, 1.82) is 5.26 Å². The number of carboxylic acid groups (broad SMARTS) is 1. The fourth-order valence-corrected chi connectivity index (χ4v) is 3.96. The topological polar surface area (TPSA) is 93.4 Å². The van der Waals surface area contributed by atoms with Gasteiger partial charge in [-0.05, 0) is 24.1 Å². The van der Waals surface area contributed by atoms with Gasteiger partial charge >= 0.3 is 6.09 Å². The van der Waals surface area contributed by atoms with Crippen molar-refractivity contribution in [2.75, 3.05) is 11.9 Å².